The van der Waals surface area contributed by atoms with E-state index < -0.39 is 0 Å². The molecule has 0 bridgehead atoms. The molecule has 0 amide bonds. The van der Waals surface area contributed by atoms with E-state index in [0.717, 1.165) is 19.6 Å². The Kier molecular flexibility index (Phi) is 10.4. The van der Waals surface area contributed by atoms with Crippen LogP contribution in [0.15, 0.2) is 30.3 Å². The average molecular weight is 262 g/mol. The topological polar surface area (TPSA) is 38.0 Å². The second-order valence-corrected chi connectivity index (χ2v) is 5.28. The number of hydrogen-bond acceptors (Lipinski definition) is 2. The van der Waals surface area contributed by atoms with Crippen LogP contribution in [-0.2, 0) is 6.54 Å². The second-order valence-electron chi connectivity index (χ2n) is 5.28. The lowest BCUT2D eigenvalue weighted by Crippen LogP contribution is -2.14. The van der Waals surface area contributed by atoms with Crippen LogP contribution in [0.2, 0.25) is 0 Å². The summed E-state index contributed by atoms with van der Waals surface area (Å²) in [6.45, 7) is 3.00. The Morgan fingerprint density at radius 2 is 1.32 bits per heavy atom. The Morgan fingerprint density at radius 3 is 1.95 bits per heavy atom. The third-order valence-electron chi connectivity index (χ3n) is 3.48. The molecular formula is C17H30N2. The van der Waals surface area contributed by atoms with Gasteiger partial charge in [0.25, 0.3) is 0 Å². The minimum Gasteiger partial charge on any atom is -0.330 e. The maximum Gasteiger partial charge on any atom is 0.0205 e. The first kappa shape index (κ1) is 16.2. The fourth-order valence-corrected chi connectivity index (χ4v) is 2.28. The molecule has 0 fully saturated rings. The monoisotopic (exact) mass is 262 g/mol. The summed E-state index contributed by atoms with van der Waals surface area (Å²) < 4.78 is 0. The first-order chi connectivity index (χ1) is 9.43. The van der Waals surface area contributed by atoms with Gasteiger partial charge in [-0.05, 0) is 31.5 Å². The first-order valence-corrected chi connectivity index (χ1v) is 7.88. The number of unbranched alkanes of at least 4 members (excludes halogenated alkanes) is 7. The molecule has 0 heterocycles. The van der Waals surface area contributed by atoms with Crippen LogP contribution >= 0.6 is 0 Å². The number of nitrogens with two attached hydrogens (primary N) is 1. The van der Waals surface area contributed by atoms with E-state index in [9.17, 15) is 0 Å². The molecule has 3 N–H and O–H groups in total. The van der Waals surface area contributed by atoms with Crippen molar-refractivity contribution in [3.05, 3.63) is 35.9 Å². The Labute approximate surface area is 118 Å². The maximum absolute atomic E-state index is 5.47. The fourth-order valence-electron chi connectivity index (χ4n) is 2.28. The van der Waals surface area contributed by atoms with Crippen LogP contribution in [0.5, 0.6) is 0 Å². The highest BCUT2D eigenvalue weighted by molar-refractivity contribution is 5.14. The van der Waals surface area contributed by atoms with Gasteiger partial charge in [0.05, 0.1) is 0 Å². The Bertz CT molecular complexity index is 285. The van der Waals surface area contributed by atoms with Crippen molar-refractivity contribution in [3.63, 3.8) is 0 Å². The molecule has 0 saturated carbocycles. The van der Waals surface area contributed by atoms with Crippen LogP contribution in [0.3, 0.4) is 0 Å². The minimum absolute atomic E-state index is 0.854. The predicted molar refractivity (Wildman–Crippen MR) is 84.1 cm³/mol. The van der Waals surface area contributed by atoms with E-state index >= 15 is 0 Å². The summed E-state index contributed by atoms with van der Waals surface area (Å²) in [6.07, 6.45) is 10.7. The Hall–Kier alpha value is -0.860. The van der Waals surface area contributed by atoms with Gasteiger partial charge < -0.3 is 11.1 Å². The SMILES string of the molecule is NCCCCCCCCCCNCc1ccccc1. The number of nitrogens with one attached hydrogen (secondary N) is 1. The standard InChI is InChI=1S/C17H30N2/c18-14-10-5-3-1-2-4-6-11-15-19-16-17-12-8-7-9-13-17/h7-9,12-13,19H,1-6,10-11,14-16,18H2. The number of benzene rings is 1. The van der Waals surface area contributed by atoms with Crippen LogP contribution in [0.4, 0.5) is 0 Å². The predicted octanol–water partition coefficient (Wildman–Crippen LogP) is 3.86. The molecule has 0 aliphatic rings. The maximum atomic E-state index is 5.47. The summed E-state index contributed by atoms with van der Waals surface area (Å²) in [6, 6.07) is 10.6. The zero-order chi connectivity index (χ0) is 13.6. The molecule has 0 radical (unpaired) electrons. The molecule has 1 aromatic carbocycles. The van der Waals surface area contributed by atoms with Crippen molar-refractivity contribution < 1.29 is 0 Å². The van der Waals surface area contributed by atoms with E-state index in [1.54, 1.807) is 0 Å². The summed E-state index contributed by atoms with van der Waals surface area (Å²) in [7, 11) is 0. The molecule has 0 aliphatic carbocycles. The summed E-state index contributed by atoms with van der Waals surface area (Å²) in [5.41, 5.74) is 6.85. The van der Waals surface area contributed by atoms with E-state index in [1.807, 2.05) is 0 Å². The van der Waals surface area contributed by atoms with Gasteiger partial charge >= 0.3 is 0 Å². The summed E-state index contributed by atoms with van der Waals surface area (Å²) in [5.74, 6) is 0. The Balaban J connectivity index is 1.79. The van der Waals surface area contributed by atoms with Gasteiger partial charge in [0.1, 0.15) is 0 Å². The third kappa shape index (κ3) is 9.69. The largest absolute Gasteiger partial charge is 0.330 e. The highest BCUT2D eigenvalue weighted by Crippen LogP contribution is 2.08. The number of hydrogen-bond donors (Lipinski definition) is 2. The molecule has 2 heteroatoms. The van der Waals surface area contributed by atoms with Crippen molar-refractivity contribution in [1.82, 2.24) is 5.32 Å². The van der Waals surface area contributed by atoms with Crippen molar-refractivity contribution in [2.45, 2.75) is 57.9 Å². The molecule has 1 rings (SSSR count). The summed E-state index contributed by atoms with van der Waals surface area (Å²) in [5, 5.41) is 3.51. The second kappa shape index (κ2) is 12.2. The van der Waals surface area contributed by atoms with E-state index in [2.05, 4.69) is 35.6 Å². The number of rotatable bonds is 12. The van der Waals surface area contributed by atoms with Crippen LogP contribution in [0.25, 0.3) is 0 Å². The van der Waals surface area contributed by atoms with Gasteiger partial charge in [0, 0.05) is 6.54 Å². The molecule has 0 spiro atoms. The zero-order valence-corrected chi connectivity index (χ0v) is 12.2. The van der Waals surface area contributed by atoms with E-state index in [-0.39, 0.29) is 0 Å². The van der Waals surface area contributed by atoms with E-state index in [0.29, 0.717) is 0 Å². The van der Waals surface area contributed by atoms with Crippen LogP contribution in [0.1, 0.15) is 56.9 Å². The molecular weight excluding hydrogens is 232 g/mol. The lowest BCUT2D eigenvalue weighted by molar-refractivity contribution is 0.552. The molecule has 0 aromatic heterocycles. The molecule has 1 aromatic rings. The molecule has 19 heavy (non-hydrogen) atoms. The third-order valence-corrected chi connectivity index (χ3v) is 3.48. The molecule has 0 saturated heterocycles. The molecule has 2 nitrogen and oxygen atoms in total. The average Bonchev–Trinajstić information content (AvgIpc) is 2.46. The lowest BCUT2D eigenvalue weighted by atomic mass is 10.1. The zero-order valence-electron chi connectivity index (χ0n) is 12.2. The first-order valence-electron chi connectivity index (χ1n) is 7.88. The Morgan fingerprint density at radius 1 is 0.737 bits per heavy atom. The smallest absolute Gasteiger partial charge is 0.0205 e. The molecule has 108 valence electrons. The van der Waals surface area contributed by atoms with Gasteiger partial charge in [-0.25, -0.2) is 0 Å². The highest BCUT2D eigenvalue weighted by atomic mass is 14.8. The van der Waals surface area contributed by atoms with Crippen LogP contribution in [0, 0.1) is 0 Å². The van der Waals surface area contributed by atoms with Crippen LogP contribution in [-0.4, -0.2) is 13.1 Å². The molecule has 0 atom stereocenters. The summed E-state index contributed by atoms with van der Waals surface area (Å²) >= 11 is 0. The van der Waals surface area contributed by atoms with E-state index in [4.69, 9.17) is 5.73 Å². The van der Waals surface area contributed by atoms with Gasteiger partial charge in [-0.1, -0.05) is 68.9 Å². The van der Waals surface area contributed by atoms with Crippen molar-refractivity contribution in [2.75, 3.05) is 13.1 Å². The summed E-state index contributed by atoms with van der Waals surface area (Å²) in [4.78, 5) is 0. The quantitative estimate of drug-likeness (QED) is 0.561. The highest BCUT2D eigenvalue weighted by Gasteiger charge is 1.93. The van der Waals surface area contributed by atoms with Gasteiger partial charge in [0.15, 0.2) is 0 Å². The van der Waals surface area contributed by atoms with Gasteiger partial charge in [0.2, 0.25) is 0 Å². The van der Waals surface area contributed by atoms with E-state index in [1.165, 1.54) is 56.9 Å². The molecule has 0 aliphatic heterocycles. The van der Waals surface area contributed by atoms with Crippen molar-refractivity contribution >= 4 is 0 Å². The normalized spacial score (nSPS) is 10.8. The fraction of sp³-hybridized carbons (Fsp3) is 0.647. The van der Waals surface area contributed by atoms with Gasteiger partial charge in [-0.3, -0.25) is 0 Å². The molecule has 0 unspecified atom stereocenters. The van der Waals surface area contributed by atoms with Gasteiger partial charge in [-0.2, -0.15) is 0 Å². The van der Waals surface area contributed by atoms with Crippen LogP contribution < -0.4 is 11.1 Å². The van der Waals surface area contributed by atoms with Crippen molar-refractivity contribution in [2.24, 2.45) is 5.73 Å². The lowest BCUT2D eigenvalue weighted by Gasteiger charge is -2.05. The van der Waals surface area contributed by atoms with Gasteiger partial charge in [-0.15, -0.1) is 0 Å². The van der Waals surface area contributed by atoms with Crippen molar-refractivity contribution in [1.29, 1.82) is 0 Å². The van der Waals surface area contributed by atoms with Crippen molar-refractivity contribution in [3.8, 4) is 0 Å². The minimum atomic E-state index is 0.854.